The molecule has 0 aliphatic carbocycles. The predicted molar refractivity (Wildman–Crippen MR) is 55.5 cm³/mol. The van der Waals surface area contributed by atoms with Crippen molar-refractivity contribution in [3.05, 3.63) is 22.1 Å². The summed E-state index contributed by atoms with van der Waals surface area (Å²) >= 11 is 0. The summed E-state index contributed by atoms with van der Waals surface area (Å²) in [5.74, 6) is 0.350. The van der Waals surface area contributed by atoms with Crippen LogP contribution in [0.4, 0.5) is 0 Å². The average molecular weight is 224 g/mol. The average Bonchev–Trinajstić information content (AvgIpc) is 2.61. The second-order valence-electron chi connectivity index (χ2n) is 3.12. The molecule has 0 bridgehead atoms. The number of H-pyrrole nitrogens is 1. The summed E-state index contributed by atoms with van der Waals surface area (Å²) in [7, 11) is 1.55. The van der Waals surface area contributed by atoms with Crippen molar-refractivity contribution in [2.75, 3.05) is 13.7 Å². The number of nitrogens with zero attached hydrogens (tertiary/aromatic N) is 3. The first-order valence-electron chi connectivity index (χ1n) is 4.85. The lowest BCUT2D eigenvalue weighted by molar-refractivity contribution is 0.179. The number of aromatic amines is 1. The molecule has 0 radical (unpaired) electrons. The second kappa shape index (κ2) is 4.31. The maximum atomic E-state index is 11.3. The van der Waals surface area contributed by atoms with Gasteiger partial charge < -0.3 is 9.47 Å². The van der Waals surface area contributed by atoms with Crippen LogP contribution in [0.5, 0.6) is 6.01 Å². The van der Waals surface area contributed by atoms with Crippen LogP contribution in [0.15, 0.2) is 10.9 Å². The van der Waals surface area contributed by atoms with E-state index in [-0.39, 0.29) is 18.2 Å². The van der Waals surface area contributed by atoms with Gasteiger partial charge in [0.1, 0.15) is 0 Å². The van der Waals surface area contributed by atoms with Crippen LogP contribution in [0, 0.1) is 0 Å². The first-order chi connectivity index (χ1) is 7.74. The molecular weight excluding hydrogens is 212 g/mol. The third-order valence-corrected chi connectivity index (χ3v) is 1.96. The Hall–Kier alpha value is -1.89. The topological polar surface area (TPSA) is 81.5 Å². The van der Waals surface area contributed by atoms with Crippen molar-refractivity contribution in [3.63, 3.8) is 0 Å². The molecule has 0 aliphatic rings. The van der Waals surface area contributed by atoms with Crippen molar-refractivity contribution in [1.82, 2.24) is 19.6 Å². The summed E-state index contributed by atoms with van der Waals surface area (Å²) in [5.41, 5.74) is 0.384. The molecule has 0 amide bonds. The van der Waals surface area contributed by atoms with E-state index in [1.54, 1.807) is 7.11 Å². The van der Waals surface area contributed by atoms with Crippen LogP contribution in [0.1, 0.15) is 12.6 Å². The van der Waals surface area contributed by atoms with E-state index in [1.807, 2.05) is 6.92 Å². The molecule has 0 aliphatic heterocycles. The summed E-state index contributed by atoms with van der Waals surface area (Å²) in [6, 6.07) is 1.66. The minimum Gasteiger partial charge on any atom is -0.463 e. The van der Waals surface area contributed by atoms with Crippen molar-refractivity contribution in [3.8, 4) is 6.01 Å². The highest BCUT2D eigenvalue weighted by Gasteiger charge is 2.09. The van der Waals surface area contributed by atoms with Gasteiger partial charge in [0.25, 0.3) is 5.56 Å². The van der Waals surface area contributed by atoms with Crippen molar-refractivity contribution in [2.24, 2.45) is 0 Å². The van der Waals surface area contributed by atoms with Crippen LogP contribution in [0.25, 0.3) is 5.78 Å². The van der Waals surface area contributed by atoms with Crippen LogP contribution in [0.2, 0.25) is 0 Å². The Kier molecular flexibility index (Phi) is 2.86. The first-order valence-corrected chi connectivity index (χ1v) is 4.85. The predicted octanol–water partition coefficient (Wildman–Crippen LogP) is -0.0373. The van der Waals surface area contributed by atoms with E-state index in [4.69, 9.17) is 9.47 Å². The van der Waals surface area contributed by atoms with Gasteiger partial charge in [0.05, 0.1) is 18.9 Å². The maximum absolute atomic E-state index is 11.3. The maximum Gasteiger partial charge on any atom is 0.337 e. The molecule has 1 N–H and O–H groups in total. The molecule has 86 valence electrons. The molecule has 7 nitrogen and oxygen atoms in total. The van der Waals surface area contributed by atoms with Crippen molar-refractivity contribution in [2.45, 2.75) is 13.5 Å². The van der Waals surface area contributed by atoms with Crippen LogP contribution >= 0.6 is 0 Å². The number of methoxy groups -OCH3 is 1. The van der Waals surface area contributed by atoms with E-state index in [9.17, 15) is 4.79 Å². The third-order valence-electron chi connectivity index (χ3n) is 1.96. The van der Waals surface area contributed by atoms with Gasteiger partial charge in [0, 0.05) is 13.2 Å². The monoisotopic (exact) mass is 224 g/mol. The van der Waals surface area contributed by atoms with Gasteiger partial charge in [0.15, 0.2) is 0 Å². The molecule has 0 fully saturated rings. The molecule has 2 heterocycles. The van der Waals surface area contributed by atoms with Crippen LogP contribution < -0.4 is 10.3 Å². The number of nitrogens with one attached hydrogen (secondary N) is 1. The van der Waals surface area contributed by atoms with Gasteiger partial charge in [-0.1, -0.05) is 0 Å². The molecule has 0 saturated heterocycles. The van der Waals surface area contributed by atoms with E-state index in [0.717, 1.165) is 0 Å². The largest absolute Gasteiger partial charge is 0.463 e. The van der Waals surface area contributed by atoms with Crippen molar-refractivity contribution in [1.29, 1.82) is 0 Å². The molecule has 7 heteroatoms. The van der Waals surface area contributed by atoms with E-state index >= 15 is 0 Å². The fourth-order valence-corrected chi connectivity index (χ4v) is 1.37. The van der Waals surface area contributed by atoms with Gasteiger partial charge in [-0.25, -0.2) is 0 Å². The molecule has 2 aromatic rings. The lowest BCUT2D eigenvalue weighted by Gasteiger charge is -2.00. The highest BCUT2D eigenvalue weighted by atomic mass is 16.5. The summed E-state index contributed by atoms with van der Waals surface area (Å²) in [4.78, 5) is 17.9. The highest BCUT2D eigenvalue weighted by Crippen LogP contribution is 2.07. The Bertz CT molecular complexity index is 545. The number of hydrogen-bond donors (Lipinski definition) is 1. The van der Waals surface area contributed by atoms with Crippen molar-refractivity contribution >= 4 is 5.78 Å². The molecule has 16 heavy (non-hydrogen) atoms. The molecular formula is C9H12N4O3. The quantitative estimate of drug-likeness (QED) is 0.788. The standard InChI is InChI=1S/C9H12N4O3/c1-3-16-9-11-8-10-7(14)4-6(5-15-2)13(8)12-9/h4H,3,5H2,1-2H3,(H,10,11,12,14). The van der Waals surface area contributed by atoms with E-state index in [0.29, 0.717) is 18.1 Å². The van der Waals surface area contributed by atoms with Gasteiger partial charge in [-0.3, -0.25) is 9.78 Å². The highest BCUT2D eigenvalue weighted by molar-refractivity contribution is 5.29. The zero-order valence-corrected chi connectivity index (χ0v) is 9.06. The third kappa shape index (κ3) is 1.89. The lowest BCUT2D eigenvalue weighted by Crippen LogP contribution is -2.12. The molecule has 2 aromatic heterocycles. The zero-order chi connectivity index (χ0) is 11.5. The summed E-state index contributed by atoms with van der Waals surface area (Å²) in [5, 5.41) is 4.10. The molecule has 0 aromatic carbocycles. The number of ether oxygens (including phenoxy) is 2. The minimum absolute atomic E-state index is 0.238. The van der Waals surface area contributed by atoms with Crippen LogP contribution in [-0.4, -0.2) is 33.3 Å². The molecule has 0 unspecified atom stereocenters. The molecule has 0 spiro atoms. The van der Waals surface area contributed by atoms with E-state index in [1.165, 1.54) is 10.6 Å². The number of hydrogen-bond acceptors (Lipinski definition) is 5. The Morgan fingerprint density at radius 3 is 3.06 bits per heavy atom. The van der Waals surface area contributed by atoms with Gasteiger partial charge in [-0.15, -0.1) is 5.10 Å². The summed E-state index contributed by atoms with van der Waals surface area (Å²) in [6.07, 6.45) is 0. The SMILES string of the molecule is CCOc1nc2[nH]c(=O)cc(COC)n2n1. The smallest absolute Gasteiger partial charge is 0.337 e. The fourth-order valence-electron chi connectivity index (χ4n) is 1.37. The van der Waals surface area contributed by atoms with E-state index < -0.39 is 0 Å². The summed E-state index contributed by atoms with van der Waals surface area (Å²) < 4.78 is 11.6. The fraction of sp³-hybridized carbons (Fsp3) is 0.444. The van der Waals surface area contributed by atoms with Gasteiger partial charge in [0.2, 0.25) is 5.78 Å². The molecule has 0 atom stereocenters. The summed E-state index contributed by atoms with van der Waals surface area (Å²) in [6.45, 7) is 2.60. The Morgan fingerprint density at radius 2 is 2.38 bits per heavy atom. The number of fused-ring (bicyclic) bond motifs is 1. The minimum atomic E-state index is -0.241. The number of aromatic nitrogens is 4. The zero-order valence-electron chi connectivity index (χ0n) is 9.06. The molecule has 0 saturated carbocycles. The molecule has 2 rings (SSSR count). The van der Waals surface area contributed by atoms with Crippen LogP contribution in [-0.2, 0) is 11.3 Å². The normalized spacial score (nSPS) is 10.9. The van der Waals surface area contributed by atoms with Gasteiger partial charge >= 0.3 is 6.01 Å². The van der Waals surface area contributed by atoms with E-state index in [2.05, 4.69) is 15.1 Å². The van der Waals surface area contributed by atoms with Crippen LogP contribution in [0.3, 0.4) is 0 Å². The lowest BCUT2D eigenvalue weighted by atomic mass is 10.4. The Labute approximate surface area is 91.0 Å². The Morgan fingerprint density at radius 1 is 1.56 bits per heavy atom. The Balaban J connectivity index is 2.56. The first kappa shape index (κ1) is 10.6. The van der Waals surface area contributed by atoms with Gasteiger partial charge in [-0.05, 0) is 6.92 Å². The van der Waals surface area contributed by atoms with Gasteiger partial charge in [-0.2, -0.15) is 9.50 Å². The van der Waals surface area contributed by atoms with Crippen molar-refractivity contribution < 1.29 is 9.47 Å². The number of rotatable bonds is 4. The second-order valence-corrected chi connectivity index (χ2v) is 3.12.